The highest BCUT2D eigenvalue weighted by atomic mass is 32.2. The van der Waals surface area contributed by atoms with Crippen LogP contribution in [0, 0.1) is 27.7 Å². The molecule has 4 heteroatoms. The fraction of sp³-hybridized carbons (Fsp3) is 0.273. The monoisotopic (exact) mass is 364 g/mol. The molecular weight excluding hydrogens is 340 g/mol. The van der Waals surface area contributed by atoms with Gasteiger partial charge < -0.3 is 5.32 Å². The van der Waals surface area contributed by atoms with Gasteiger partial charge in [-0.3, -0.25) is 4.79 Å². The van der Waals surface area contributed by atoms with Crippen molar-refractivity contribution in [3.05, 3.63) is 64.7 Å². The van der Waals surface area contributed by atoms with Crippen molar-refractivity contribution in [1.29, 1.82) is 0 Å². The van der Waals surface area contributed by atoms with Crippen LogP contribution in [0.4, 0.5) is 5.69 Å². The van der Waals surface area contributed by atoms with E-state index < -0.39 is 0 Å². The van der Waals surface area contributed by atoms with Crippen molar-refractivity contribution in [2.24, 2.45) is 0 Å². The van der Waals surface area contributed by atoms with Gasteiger partial charge in [-0.1, -0.05) is 30.3 Å². The lowest BCUT2D eigenvalue weighted by Crippen LogP contribution is -2.13. The van der Waals surface area contributed by atoms with E-state index in [1.54, 1.807) is 11.8 Å². The van der Waals surface area contributed by atoms with Crippen molar-refractivity contribution in [2.75, 3.05) is 11.1 Å². The van der Waals surface area contributed by atoms with Gasteiger partial charge in [0.15, 0.2) is 0 Å². The van der Waals surface area contributed by atoms with Crippen LogP contribution in [0.5, 0.6) is 0 Å². The number of thioether (sulfide) groups is 1. The van der Waals surface area contributed by atoms with Gasteiger partial charge in [-0.05, 0) is 62.1 Å². The molecule has 0 atom stereocenters. The molecule has 1 heterocycles. The van der Waals surface area contributed by atoms with Crippen molar-refractivity contribution in [3.63, 3.8) is 0 Å². The molecule has 0 fully saturated rings. The second-order valence-electron chi connectivity index (χ2n) is 6.64. The lowest BCUT2D eigenvalue weighted by Gasteiger charge is -2.11. The molecule has 0 radical (unpaired) electrons. The number of nitrogens with zero attached hydrogens (tertiary/aromatic N) is 1. The maximum Gasteiger partial charge on any atom is 0.225 e. The molecule has 0 unspecified atom stereocenters. The zero-order chi connectivity index (χ0) is 18.7. The molecule has 26 heavy (non-hydrogen) atoms. The molecule has 0 spiro atoms. The quantitative estimate of drug-likeness (QED) is 0.600. The molecular formula is C22H24N2OS. The molecule has 0 aliphatic heterocycles. The number of aryl methyl sites for hydroxylation is 3. The van der Waals surface area contributed by atoms with Gasteiger partial charge in [0.25, 0.3) is 0 Å². The third-order valence-corrected chi connectivity index (χ3v) is 5.60. The summed E-state index contributed by atoms with van der Waals surface area (Å²) in [5.41, 5.74) is 6.66. The Bertz CT molecular complexity index is 966. The SMILES string of the molecule is Cc1cccc(NC(=O)CCSc2cc(C)c3cccc(C)c3n2)c1C. The van der Waals surface area contributed by atoms with Crippen molar-refractivity contribution < 1.29 is 4.79 Å². The van der Waals surface area contributed by atoms with Gasteiger partial charge >= 0.3 is 0 Å². The average molecular weight is 365 g/mol. The van der Waals surface area contributed by atoms with Gasteiger partial charge in [-0.25, -0.2) is 4.98 Å². The van der Waals surface area contributed by atoms with E-state index in [2.05, 4.69) is 56.4 Å². The predicted molar refractivity (Wildman–Crippen MR) is 111 cm³/mol. The van der Waals surface area contributed by atoms with Crippen molar-refractivity contribution in [1.82, 2.24) is 4.98 Å². The van der Waals surface area contributed by atoms with E-state index in [-0.39, 0.29) is 5.91 Å². The highest BCUT2D eigenvalue weighted by Crippen LogP contribution is 2.26. The second kappa shape index (κ2) is 7.92. The van der Waals surface area contributed by atoms with E-state index in [4.69, 9.17) is 4.98 Å². The molecule has 134 valence electrons. The van der Waals surface area contributed by atoms with Crippen LogP contribution in [-0.2, 0) is 4.79 Å². The number of aromatic nitrogens is 1. The average Bonchev–Trinajstić information content (AvgIpc) is 2.60. The number of hydrogen-bond acceptors (Lipinski definition) is 3. The highest BCUT2D eigenvalue weighted by Gasteiger charge is 2.08. The minimum Gasteiger partial charge on any atom is -0.326 e. The van der Waals surface area contributed by atoms with E-state index >= 15 is 0 Å². The smallest absolute Gasteiger partial charge is 0.225 e. The number of nitrogens with one attached hydrogen (secondary N) is 1. The number of fused-ring (bicyclic) bond motifs is 1. The fourth-order valence-electron chi connectivity index (χ4n) is 2.95. The Kier molecular flexibility index (Phi) is 5.62. The minimum atomic E-state index is 0.0416. The number of anilines is 1. The number of carbonyl (C=O) groups excluding carboxylic acids is 1. The third-order valence-electron chi connectivity index (χ3n) is 4.68. The standard InChI is InChI=1S/C22H24N2OS/c1-14-7-6-10-19(17(14)4)23-20(25)11-12-26-21-13-16(3)18-9-5-8-15(2)22(18)24-21/h5-10,13H,11-12H2,1-4H3,(H,23,25). The van der Waals surface area contributed by atoms with Crippen molar-refractivity contribution >= 4 is 34.3 Å². The lowest BCUT2D eigenvalue weighted by molar-refractivity contribution is -0.115. The number of benzene rings is 2. The number of amides is 1. The molecule has 0 bridgehead atoms. The summed E-state index contributed by atoms with van der Waals surface area (Å²) in [5, 5.41) is 5.19. The Morgan fingerprint density at radius 1 is 1.00 bits per heavy atom. The van der Waals surface area contributed by atoms with Crippen LogP contribution in [0.2, 0.25) is 0 Å². The highest BCUT2D eigenvalue weighted by molar-refractivity contribution is 7.99. The summed E-state index contributed by atoms with van der Waals surface area (Å²) in [5.74, 6) is 0.750. The van der Waals surface area contributed by atoms with Crippen LogP contribution in [0.25, 0.3) is 10.9 Å². The summed E-state index contributed by atoms with van der Waals surface area (Å²) in [4.78, 5) is 17.0. The number of carbonyl (C=O) groups is 1. The van der Waals surface area contributed by atoms with Gasteiger partial charge in [-0.15, -0.1) is 11.8 Å². The molecule has 0 saturated heterocycles. The van der Waals surface area contributed by atoms with Crippen LogP contribution in [0.3, 0.4) is 0 Å². The molecule has 0 saturated carbocycles. The zero-order valence-electron chi connectivity index (χ0n) is 15.7. The summed E-state index contributed by atoms with van der Waals surface area (Å²) in [6.07, 6.45) is 0.463. The number of rotatable bonds is 5. The first-order valence-corrected chi connectivity index (χ1v) is 9.80. The summed E-state index contributed by atoms with van der Waals surface area (Å²) < 4.78 is 0. The Balaban J connectivity index is 1.63. The van der Waals surface area contributed by atoms with Crippen LogP contribution in [0.1, 0.15) is 28.7 Å². The van der Waals surface area contributed by atoms with Gasteiger partial charge in [0.2, 0.25) is 5.91 Å². The molecule has 2 aromatic carbocycles. The molecule has 0 aliphatic carbocycles. The molecule has 3 aromatic rings. The molecule has 1 N–H and O–H groups in total. The van der Waals surface area contributed by atoms with Crippen LogP contribution in [0.15, 0.2) is 47.5 Å². The number of pyridine rings is 1. The molecule has 3 nitrogen and oxygen atoms in total. The summed E-state index contributed by atoms with van der Waals surface area (Å²) in [7, 11) is 0. The Labute approximate surface area is 159 Å². The van der Waals surface area contributed by atoms with Gasteiger partial charge in [-0.2, -0.15) is 0 Å². The maximum atomic E-state index is 12.3. The topological polar surface area (TPSA) is 42.0 Å². The summed E-state index contributed by atoms with van der Waals surface area (Å²) >= 11 is 1.63. The van der Waals surface area contributed by atoms with Crippen molar-refractivity contribution in [2.45, 2.75) is 39.1 Å². The second-order valence-corrected chi connectivity index (χ2v) is 7.76. The van der Waals surface area contributed by atoms with Gasteiger partial charge in [0, 0.05) is 23.2 Å². The Hall–Kier alpha value is -2.33. The Morgan fingerprint density at radius 3 is 2.54 bits per heavy atom. The first kappa shape index (κ1) is 18.5. The fourth-order valence-corrected chi connectivity index (χ4v) is 3.87. The molecule has 1 aromatic heterocycles. The zero-order valence-corrected chi connectivity index (χ0v) is 16.5. The molecule has 1 amide bonds. The molecule has 0 aliphatic rings. The maximum absolute atomic E-state index is 12.3. The normalized spacial score (nSPS) is 10.9. The van der Waals surface area contributed by atoms with E-state index in [9.17, 15) is 4.79 Å². The predicted octanol–water partition coefficient (Wildman–Crippen LogP) is 5.59. The first-order valence-electron chi connectivity index (χ1n) is 8.81. The Morgan fingerprint density at radius 2 is 1.73 bits per heavy atom. The van der Waals surface area contributed by atoms with E-state index in [1.807, 2.05) is 19.1 Å². The van der Waals surface area contributed by atoms with Gasteiger partial charge in [0.05, 0.1) is 10.5 Å². The van der Waals surface area contributed by atoms with Crippen LogP contribution < -0.4 is 5.32 Å². The van der Waals surface area contributed by atoms with E-state index in [1.165, 1.54) is 22.1 Å². The lowest BCUT2D eigenvalue weighted by atomic mass is 10.1. The van der Waals surface area contributed by atoms with Crippen LogP contribution >= 0.6 is 11.8 Å². The molecule has 3 rings (SSSR count). The minimum absolute atomic E-state index is 0.0416. The summed E-state index contributed by atoms with van der Waals surface area (Å²) in [6, 6.07) is 14.3. The van der Waals surface area contributed by atoms with Gasteiger partial charge in [0.1, 0.15) is 0 Å². The number of hydrogen-bond donors (Lipinski definition) is 1. The summed E-state index contributed by atoms with van der Waals surface area (Å²) in [6.45, 7) is 8.28. The van der Waals surface area contributed by atoms with E-state index in [0.717, 1.165) is 21.8 Å². The first-order chi connectivity index (χ1) is 12.5. The third kappa shape index (κ3) is 4.07. The van der Waals surface area contributed by atoms with Crippen LogP contribution in [-0.4, -0.2) is 16.6 Å². The van der Waals surface area contributed by atoms with Crippen molar-refractivity contribution in [3.8, 4) is 0 Å². The largest absolute Gasteiger partial charge is 0.326 e. The number of para-hydroxylation sites is 1. The van der Waals surface area contributed by atoms with E-state index in [0.29, 0.717) is 12.2 Å².